The molecule has 0 aliphatic rings. The number of benzene rings is 1. The Balaban J connectivity index is 1.94. The summed E-state index contributed by atoms with van der Waals surface area (Å²) in [6, 6.07) is 10.3. The zero-order valence-electron chi connectivity index (χ0n) is 11.8. The first-order chi connectivity index (χ1) is 9.69. The molecule has 1 N–H and O–H groups in total. The fraction of sp³-hybridized carbons (Fsp3) is 0.312. The van der Waals surface area contributed by atoms with E-state index in [2.05, 4.69) is 41.5 Å². The third-order valence-corrected chi connectivity index (χ3v) is 3.35. The molecule has 1 aromatic carbocycles. The molecule has 0 aliphatic heterocycles. The van der Waals surface area contributed by atoms with Crippen molar-refractivity contribution in [2.75, 3.05) is 13.6 Å². The van der Waals surface area contributed by atoms with Crippen LogP contribution in [0.4, 0.5) is 0 Å². The van der Waals surface area contributed by atoms with E-state index in [9.17, 15) is 0 Å². The van der Waals surface area contributed by atoms with Gasteiger partial charge in [0.2, 0.25) is 0 Å². The number of halogens is 1. The lowest BCUT2D eigenvalue weighted by Crippen LogP contribution is -2.14. The maximum Gasteiger partial charge on any atom is 0.139 e. The number of ether oxygens (including phenoxy) is 1. The van der Waals surface area contributed by atoms with Crippen LogP contribution in [0.1, 0.15) is 24.0 Å². The second kappa shape index (κ2) is 7.27. The zero-order chi connectivity index (χ0) is 14.4. The molecule has 1 unspecified atom stereocenters. The van der Waals surface area contributed by atoms with Crippen LogP contribution in [-0.4, -0.2) is 18.6 Å². The number of nitrogens with one attached hydrogen (secondary N) is 1. The number of nitrogens with zero attached hydrogens (tertiary/aromatic N) is 1. The fourth-order valence-electron chi connectivity index (χ4n) is 2.00. The van der Waals surface area contributed by atoms with Crippen molar-refractivity contribution < 1.29 is 4.74 Å². The highest BCUT2D eigenvalue weighted by atomic mass is 35.5. The Morgan fingerprint density at radius 1 is 1.25 bits per heavy atom. The van der Waals surface area contributed by atoms with E-state index in [-0.39, 0.29) is 0 Å². The molecule has 0 spiro atoms. The molecule has 0 saturated carbocycles. The van der Waals surface area contributed by atoms with Crippen molar-refractivity contribution in [2.24, 2.45) is 0 Å². The van der Waals surface area contributed by atoms with Gasteiger partial charge in [-0.15, -0.1) is 0 Å². The normalized spacial score (nSPS) is 12.2. The summed E-state index contributed by atoms with van der Waals surface area (Å²) in [6.07, 6.45) is 3.25. The van der Waals surface area contributed by atoms with Gasteiger partial charge in [-0.25, -0.2) is 0 Å². The minimum Gasteiger partial charge on any atom is -0.487 e. The standard InChI is InChI=1S/C16H19ClN2O/c1-12(8-18-2)14-5-3-13(4-6-14)11-20-16-7-15(17)9-19-10-16/h3-7,9-10,12,18H,8,11H2,1-2H3. The molecule has 3 nitrogen and oxygen atoms in total. The third-order valence-electron chi connectivity index (χ3n) is 3.14. The Morgan fingerprint density at radius 3 is 2.65 bits per heavy atom. The van der Waals surface area contributed by atoms with Gasteiger partial charge in [-0.1, -0.05) is 42.8 Å². The molecular formula is C16H19ClN2O. The van der Waals surface area contributed by atoms with Gasteiger partial charge in [0.1, 0.15) is 12.4 Å². The van der Waals surface area contributed by atoms with Gasteiger partial charge in [0.15, 0.2) is 0 Å². The van der Waals surface area contributed by atoms with Crippen molar-refractivity contribution in [1.29, 1.82) is 0 Å². The van der Waals surface area contributed by atoms with Crippen LogP contribution < -0.4 is 10.1 Å². The largest absolute Gasteiger partial charge is 0.487 e. The van der Waals surface area contributed by atoms with Crippen LogP contribution >= 0.6 is 11.6 Å². The Morgan fingerprint density at radius 2 is 2.00 bits per heavy atom. The van der Waals surface area contributed by atoms with Crippen LogP contribution in [-0.2, 0) is 6.61 Å². The van der Waals surface area contributed by atoms with Crippen molar-refractivity contribution in [2.45, 2.75) is 19.4 Å². The topological polar surface area (TPSA) is 34.1 Å². The van der Waals surface area contributed by atoms with Crippen molar-refractivity contribution in [3.05, 3.63) is 58.9 Å². The van der Waals surface area contributed by atoms with Crippen LogP contribution in [0.5, 0.6) is 5.75 Å². The van der Waals surface area contributed by atoms with Crippen molar-refractivity contribution in [3.63, 3.8) is 0 Å². The van der Waals surface area contributed by atoms with Gasteiger partial charge in [-0.05, 0) is 24.1 Å². The Kier molecular flexibility index (Phi) is 5.39. The molecule has 2 aromatic rings. The van der Waals surface area contributed by atoms with E-state index in [1.54, 1.807) is 18.5 Å². The lowest BCUT2D eigenvalue weighted by atomic mass is 10.00. The highest BCUT2D eigenvalue weighted by Gasteiger charge is 2.04. The molecule has 20 heavy (non-hydrogen) atoms. The SMILES string of the molecule is CNCC(C)c1ccc(COc2cncc(Cl)c2)cc1. The number of aromatic nitrogens is 1. The second-order valence-corrected chi connectivity index (χ2v) is 5.26. The average Bonchev–Trinajstić information content (AvgIpc) is 2.46. The molecule has 0 saturated heterocycles. The van der Waals surface area contributed by atoms with E-state index in [4.69, 9.17) is 16.3 Å². The predicted octanol–water partition coefficient (Wildman–Crippen LogP) is 3.64. The smallest absolute Gasteiger partial charge is 0.139 e. The van der Waals surface area contributed by atoms with Gasteiger partial charge in [0, 0.05) is 18.8 Å². The van der Waals surface area contributed by atoms with Crippen LogP contribution in [0.25, 0.3) is 0 Å². The molecule has 0 aliphatic carbocycles. The van der Waals surface area contributed by atoms with Crippen LogP contribution in [0.3, 0.4) is 0 Å². The van der Waals surface area contributed by atoms with E-state index in [0.717, 1.165) is 12.1 Å². The Bertz CT molecular complexity index is 542. The zero-order valence-corrected chi connectivity index (χ0v) is 12.5. The summed E-state index contributed by atoms with van der Waals surface area (Å²) in [7, 11) is 1.97. The second-order valence-electron chi connectivity index (χ2n) is 4.83. The minimum atomic E-state index is 0.507. The summed E-state index contributed by atoms with van der Waals surface area (Å²) in [4.78, 5) is 3.99. The van der Waals surface area contributed by atoms with E-state index in [1.165, 1.54) is 5.56 Å². The highest BCUT2D eigenvalue weighted by molar-refractivity contribution is 6.30. The monoisotopic (exact) mass is 290 g/mol. The summed E-state index contributed by atoms with van der Waals surface area (Å²) < 4.78 is 5.66. The van der Waals surface area contributed by atoms with Gasteiger partial charge in [0.05, 0.1) is 11.2 Å². The van der Waals surface area contributed by atoms with E-state index < -0.39 is 0 Å². The van der Waals surface area contributed by atoms with Gasteiger partial charge >= 0.3 is 0 Å². The lowest BCUT2D eigenvalue weighted by molar-refractivity contribution is 0.305. The van der Waals surface area contributed by atoms with E-state index >= 15 is 0 Å². The quantitative estimate of drug-likeness (QED) is 0.882. The molecule has 0 bridgehead atoms. The summed E-state index contributed by atoms with van der Waals surface area (Å²) in [5.41, 5.74) is 2.46. The van der Waals surface area contributed by atoms with Gasteiger partial charge in [-0.2, -0.15) is 0 Å². The molecule has 1 heterocycles. The molecule has 0 radical (unpaired) electrons. The minimum absolute atomic E-state index is 0.507. The van der Waals surface area contributed by atoms with Gasteiger partial charge < -0.3 is 10.1 Å². The van der Waals surface area contributed by atoms with Crippen LogP contribution in [0, 0.1) is 0 Å². The maximum atomic E-state index is 5.86. The van der Waals surface area contributed by atoms with Crippen LogP contribution in [0.2, 0.25) is 5.02 Å². The van der Waals surface area contributed by atoms with Crippen molar-refractivity contribution >= 4 is 11.6 Å². The molecule has 4 heteroatoms. The fourth-order valence-corrected chi connectivity index (χ4v) is 2.17. The number of hydrogen-bond donors (Lipinski definition) is 1. The Hall–Kier alpha value is -1.58. The molecular weight excluding hydrogens is 272 g/mol. The molecule has 106 valence electrons. The summed E-state index contributed by atoms with van der Waals surface area (Å²) in [5, 5.41) is 3.77. The predicted molar refractivity (Wildman–Crippen MR) is 82.4 cm³/mol. The first-order valence-electron chi connectivity index (χ1n) is 6.66. The number of pyridine rings is 1. The van der Waals surface area contributed by atoms with E-state index in [0.29, 0.717) is 23.3 Å². The molecule has 2 rings (SSSR count). The third kappa shape index (κ3) is 4.22. The first kappa shape index (κ1) is 14.8. The number of rotatable bonds is 6. The van der Waals surface area contributed by atoms with Gasteiger partial charge in [0.25, 0.3) is 0 Å². The van der Waals surface area contributed by atoms with Crippen LogP contribution in [0.15, 0.2) is 42.7 Å². The summed E-state index contributed by atoms with van der Waals surface area (Å²) in [5.74, 6) is 1.19. The van der Waals surface area contributed by atoms with Crippen molar-refractivity contribution in [1.82, 2.24) is 10.3 Å². The summed E-state index contributed by atoms with van der Waals surface area (Å²) >= 11 is 5.86. The maximum absolute atomic E-state index is 5.86. The molecule has 1 atom stereocenters. The molecule has 0 fully saturated rings. The first-order valence-corrected chi connectivity index (χ1v) is 7.03. The molecule has 1 aromatic heterocycles. The van der Waals surface area contributed by atoms with E-state index in [1.807, 2.05) is 7.05 Å². The molecule has 0 amide bonds. The average molecular weight is 291 g/mol. The summed E-state index contributed by atoms with van der Waals surface area (Å²) in [6.45, 7) is 3.70. The number of likely N-dealkylation sites (N-methyl/N-ethyl adjacent to an activating group) is 1. The lowest BCUT2D eigenvalue weighted by Gasteiger charge is -2.12. The van der Waals surface area contributed by atoms with Gasteiger partial charge in [-0.3, -0.25) is 4.98 Å². The number of hydrogen-bond acceptors (Lipinski definition) is 3. The Labute approximate surface area is 124 Å². The highest BCUT2D eigenvalue weighted by Crippen LogP contribution is 2.18. The van der Waals surface area contributed by atoms with Crippen molar-refractivity contribution in [3.8, 4) is 5.75 Å².